The van der Waals surface area contributed by atoms with Gasteiger partial charge in [0.15, 0.2) is 6.10 Å². The molecule has 7 heteroatoms. The van der Waals surface area contributed by atoms with E-state index in [0.29, 0.717) is 35.7 Å². The first-order chi connectivity index (χ1) is 17.7. The molecule has 2 aliphatic rings. The molecule has 1 N–H and O–H groups in total. The molecule has 0 unspecified atom stereocenters. The summed E-state index contributed by atoms with van der Waals surface area (Å²) in [4.78, 5) is 27.9. The van der Waals surface area contributed by atoms with Gasteiger partial charge in [-0.1, -0.05) is 43.5 Å². The Morgan fingerprint density at radius 1 is 1.22 bits per heavy atom. The van der Waals surface area contributed by atoms with Gasteiger partial charge in [0.1, 0.15) is 11.3 Å². The zero-order valence-electron chi connectivity index (χ0n) is 21.6. The van der Waals surface area contributed by atoms with Gasteiger partial charge in [0.25, 0.3) is 5.91 Å². The van der Waals surface area contributed by atoms with Gasteiger partial charge in [-0.2, -0.15) is 0 Å². The van der Waals surface area contributed by atoms with Gasteiger partial charge >= 0.3 is 5.63 Å². The molecular weight excluding hydrogens is 490 g/mol. The molecule has 6 nitrogen and oxygen atoms in total. The monoisotopic (exact) mass is 523 g/mol. The molecule has 2 fully saturated rings. The summed E-state index contributed by atoms with van der Waals surface area (Å²) in [5.74, 6) is 0.358. The van der Waals surface area contributed by atoms with Crippen molar-refractivity contribution in [1.82, 2.24) is 4.90 Å². The predicted molar refractivity (Wildman–Crippen MR) is 144 cm³/mol. The number of benzene rings is 2. The van der Waals surface area contributed by atoms with Crippen LogP contribution in [0.25, 0.3) is 11.0 Å². The van der Waals surface area contributed by atoms with Crippen LogP contribution in [0.1, 0.15) is 68.7 Å². The van der Waals surface area contributed by atoms with Crippen molar-refractivity contribution in [2.45, 2.75) is 77.0 Å². The number of piperidine rings is 1. The molecular formula is C30H34ClNO5. The largest absolute Gasteiger partial charge is 0.480 e. The van der Waals surface area contributed by atoms with Crippen LogP contribution in [0.15, 0.2) is 51.7 Å². The first-order valence-electron chi connectivity index (χ1n) is 13.2. The number of hydrogen-bond acceptors (Lipinski definition) is 5. The lowest BCUT2D eigenvalue weighted by molar-refractivity contribution is -0.161. The molecule has 1 saturated heterocycles. The third-order valence-electron chi connectivity index (χ3n) is 8.13. The molecule has 1 saturated carbocycles. The van der Waals surface area contributed by atoms with E-state index < -0.39 is 17.3 Å². The highest BCUT2D eigenvalue weighted by atomic mass is 35.5. The van der Waals surface area contributed by atoms with Crippen molar-refractivity contribution in [3.05, 3.63) is 74.6 Å². The molecule has 1 aliphatic carbocycles. The number of rotatable bonds is 5. The number of fused-ring (bicyclic) bond motifs is 2. The second-order valence-electron chi connectivity index (χ2n) is 10.6. The molecule has 1 amide bonds. The first kappa shape index (κ1) is 25.8. The van der Waals surface area contributed by atoms with E-state index in [1.807, 2.05) is 55.1 Å². The lowest BCUT2D eigenvalue weighted by atomic mass is 9.66. The van der Waals surface area contributed by atoms with E-state index in [0.717, 1.165) is 47.8 Å². The Morgan fingerprint density at radius 3 is 2.70 bits per heavy atom. The highest BCUT2D eigenvalue weighted by molar-refractivity contribution is 6.30. The Labute approximate surface area is 222 Å². The molecule has 3 aromatic rings. The zero-order valence-corrected chi connectivity index (χ0v) is 22.4. The van der Waals surface area contributed by atoms with Crippen LogP contribution in [0.4, 0.5) is 0 Å². The first-order valence-corrected chi connectivity index (χ1v) is 13.6. The van der Waals surface area contributed by atoms with Crippen LogP contribution < -0.4 is 10.4 Å². The summed E-state index contributed by atoms with van der Waals surface area (Å²) in [6.07, 6.45) is 4.08. The number of aliphatic hydroxyl groups is 1. The summed E-state index contributed by atoms with van der Waals surface area (Å²) in [6.45, 7) is 6.10. The number of hydrogen-bond donors (Lipinski definition) is 1. The number of aryl methyl sites for hydroxylation is 2. The molecule has 0 radical (unpaired) electrons. The molecule has 0 bridgehead atoms. The highest BCUT2D eigenvalue weighted by Crippen LogP contribution is 2.49. The number of carbonyl (C=O) groups excluding carboxylic acids is 1. The van der Waals surface area contributed by atoms with E-state index in [1.54, 1.807) is 6.92 Å². The Bertz CT molecular complexity index is 1370. The van der Waals surface area contributed by atoms with Crippen LogP contribution >= 0.6 is 11.6 Å². The molecule has 1 aromatic heterocycles. The number of carbonyl (C=O) groups is 1. The van der Waals surface area contributed by atoms with E-state index in [2.05, 4.69) is 0 Å². The molecule has 2 heterocycles. The van der Waals surface area contributed by atoms with Crippen molar-refractivity contribution in [2.75, 3.05) is 6.54 Å². The topological polar surface area (TPSA) is 80.0 Å². The van der Waals surface area contributed by atoms with Gasteiger partial charge in [-0.3, -0.25) is 4.79 Å². The van der Waals surface area contributed by atoms with E-state index in [9.17, 15) is 14.7 Å². The predicted octanol–water partition coefficient (Wildman–Crippen LogP) is 5.98. The van der Waals surface area contributed by atoms with Crippen molar-refractivity contribution < 1.29 is 19.1 Å². The number of amides is 1. The summed E-state index contributed by atoms with van der Waals surface area (Å²) < 4.78 is 11.8. The van der Waals surface area contributed by atoms with Gasteiger partial charge in [-0.25, -0.2) is 4.79 Å². The van der Waals surface area contributed by atoms with E-state index >= 15 is 0 Å². The van der Waals surface area contributed by atoms with Crippen LogP contribution in [0.5, 0.6) is 5.75 Å². The Hall–Kier alpha value is -2.83. The Morgan fingerprint density at radius 2 is 1.97 bits per heavy atom. The van der Waals surface area contributed by atoms with Crippen LogP contribution in [0, 0.1) is 12.8 Å². The van der Waals surface area contributed by atoms with Crippen molar-refractivity contribution in [1.29, 1.82) is 0 Å². The lowest BCUT2D eigenvalue weighted by Crippen LogP contribution is -2.58. The maximum absolute atomic E-state index is 14.0. The third-order valence-corrected chi connectivity index (χ3v) is 8.38. The van der Waals surface area contributed by atoms with Gasteiger partial charge in [-0.05, 0) is 80.5 Å². The van der Waals surface area contributed by atoms with Gasteiger partial charge in [0, 0.05) is 23.6 Å². The fourth-order valence-corrected chi connectivity index (χ4v) is 6.44. The van der Waals surface area contributed by atoms with Crippen molar-refractivity contribution >= 4 is 28.5 Å². The van der Waals surface area contributed by atoms with Crippen LogP contribution in [-0.2, 0) is 11.2 Å². The summed E-state index contributed by atoms with van der Waals surface area (Å²) in [5, 5.41) is 12.9. The molecule has 0 spiro atoms. The summed E-state index contributed by atoms with van der Waals surface area (Å²) in [5.41, 5.74) is 1.97. The standard InChI is InChI=1S/C30H34ClNO5/c1-4-20-17-26(33)37-25-16-18(2)15-24(27(20)25)36-19(3)29(34)32-14-13-30(35)12-6-5-7-23(30)28(32)21-8-10-22(31)11-9-21/h8-11,15-17,19,23,28,35H,4-7,12-14H2,1-3H3/t19-,23+,28-,30-/m0/s1. The van der Waals surface area contributed by atoms with Gasteiger partial charge in [0.2, 0.25) is 0 Å². The fraction of sp³-hybridized carbons (Fsp3) is 0.467. The van der Waals surface area contributed by atoms with Crippen molar-refractivity contribution in [2.24, 2.45) is 5.92 Å². The third kappa shape index (κ3) is 4.89. The zero-order chi connectivity index (χ0) is 26.3. The van der Waals surface area contributed by atoms with Gasteiger partial charge < -0.3 is 19.2 Å². The molecule has 37 heavy (non-hydrogen) atoms. The van der Waals surface area contributed by atoms with E-state index in [1.165, 1.54) is 6.07 Å². The Kier molecular flexibility index (Phi) is 7.08. The van der Waals surface area contributed by atoms with Crippen molar-refractivity contribution in [3.63, 3.8) is 0 Å². The van der Waals surface area contributed by atoms with E-state index in [4.69, 9.17) is 20.8 Å². The average molecular weight is 524 g/mol. The van der Waals surface area contributed by atoms with Crippen LogP contribution in [0.2, 0.25) is 5.02 Å². The molecule has 2 aromatic carbocycles. The van der Waals surface area contributed by atoms with Crippen LogP contribution in [-0.4, -0.2) is 34.2 Å². The summed E-state index contributed by atoms with van der Waals surface area (Å²) in [7, 11) is 0. The second kappa shape index (κ2) is 10.1. The summed E-state index contributed by atoms with van der Waals surface area (Å²) >= 11 is 6.17. The minimum Gasteiger partial charge on any atom is -0.480 e. The smallest absolute Gasteiger partial charge is 0.336 e. The Balaban J connectivity index is 1.49. The van der Waals surface area contributed by atoms with Gasteiger partial charge in [0.05, 0.1) is 17.0 Å². The number of halogens is 1. The van der Waals surface area contributed by atoms with E-state index in [-0.39, 0.29) is 17.9 Å². The number of ether oxygens (including phenoxy) is 1. The normalized spacial score (nSPS) is 24.5. The molecule has 5 rings (SSSR count). The molecule has 4 atom stereocenters. The molecule has 196 valence electrons. The number of likely N-dealkylation sites (tertiary alicyclic amines) is 1. The maximum atomic E-state index is 14.0. The molecule has 1 aliphatic heterocycles. The quantitative estimate of drug-likeness (QED) is 0.416. The average Bonchev–Trinajstić information content (AvgIpc) is 2.87. The number of nitrogens with zero attached hydrogens (tertiary/aromatic N) is 1. The highest BCUT2D eigenvalue weighted by Gasteiger charge is 2.50. The minimum atomic E-state index is -0.774. The van der Waals surface area contributed by atoms with Gasteiger partial charge in [-0.15, -0.1) is 0 Å². The SMILES string of the molecule is CCc1cc(=O)oc2cc(C)cc(O[C@@H](C)C(=O)N3CC[C@@]4(O)CCCC[C@@H]4[C@@H]3c3ccc(Cl)cc3)c12. The van der Waals surface area contributed by atoms with Crippen LogP contribution in [0.3, 0.4) is 0 Å². The fourth-order valence-electron chi connectivity index (χ4n) is 6.32. The summed E-state index contributed by atoms with van der Waals surface area (Å²) in [6, 6.07) is 12.5. The minimum absolute atomic E-state index is 0.0481. The van der Waals surface area contributed by atoms with Crippen molar-refractivity contribution in [3.8, 4) is 5.75 Å². The second-order valence-corrected chi connectivity index (χ2v) is 11.0. The maximum Gasteiger partial charge on any atom is 0.336 e. The lowest BCUT2D eigenvalue weighted by Gasteiger charge is -2.53.